The van der Waals surface area contributed by atoms with Crippen LogP contribution in [0.1, 0.15) is 35.6 Å². The van der Waals surface area contributed by atoms with Crippen LogP contribution in [-0.4, -0.2) is 57.5 Å². The molecule has 0 aliphatic carbocycles. The van der Waals surface area contributed by atoms with Crippen molar-refractivity contribution in [2.24, 2.45) is 0 Å². The third kappa shape index (κ3) is 6.49. The smallest absolute Gasteiger partial charge is 0.247 e. The van der Waals surface area contributed by atoms with Crippen LogP contribution in [0.2, 0.25) is 0 Å². The van der Waals surface area contributed by atoms with Gasteiger partial charge in [-0.1, -0.05) is 59.3 Å². The minimum atomic E-state index is -0.959. The van der Waals surface area contributed by atoms with E-state index in [1.54, 1.807) is 21.7 Å². The van der Waals surface area contributed by atoms with Gasteiger partial charge in [0.1, 0.15) is 23.9 Å². The Hall–Kier alpha value is -4.11. The van der Waals surface area contributed by atoms with Crippen molar-refractivity contribution in [1.82, 2.24) is 25.2 Å². The number of nitrogens with zero attached hydrogens (tertiary/aromatic N) is 4. The van der Waals surface area contributed by atoms with Crippen molar-refractivity contribution in [3.63, 3.8) is 0 Å². The van der Waals surface area contributed by atoms with E-state index in [4.69, 9.17) is 4.74 Å². The molecule has 1 fully saturated rings. The molecule has 1 saturated heterocycles. The van der Waals surface area contributed by atoms with Crippen LogP contribution in [0.3, 0.4) is 0 Å². The number of hydrogen-bond acceptors (Lipinski definition) is 5. The predicted octanol–water partition coefficient (Wildman–Crippen LogP) is 3.99. The van der Waals surface area contributed by atoms with Crippen molar-refractivity contribution in [3.05, 3.63) is 95.3 Å². The first-order valence-electron chi connectivity index (χ1n) is 13.3. The molecule has 0 unspecified atom stereocenters. The Morgan fingerprint density at radius 2 is 1.95 bits per heavy atom. The molecule has 5 rings (SSSR count). The van der Waals surface area contributed by atoms with Gasteiger partial charge in [-0.2, -0.15) is 0 Å². The highest BCUT2D eigenvalue weighted by atomic mass is 19.1. The molecule has 4 aromatic rings. The zero-order chi connectivity index (χ0) is 27.2. The van der Waals surface area contributed by atoms with Gasteiger partial charge in [-0.3, -0.25) is 9.59 Å². The van der Waals surface area contributed by atoms with Crippen molar-refractivity contribution in [1.29, 1.82) is 0 Å². The maximum absolute atomic E-state index is 13.9. The average molecular weight is 530 g/mol. The Kier molecular flexibility index (Phi) is 8.27. The van der Waals surface area contributed by atoms with Crippen LogP contribution in [0.15, 0.2) is 72.8 Å². The number of benzene rings is 3. The predicted molar refractivity (Wildman–Crippen MR) is 145 cm³/mol. The molecule has 1 aromatic heterocycles. The van der Waals surface area contributed by atoms with Gasteiger partial charge in [0.2, 0.25) is 11.8 Å². The van der Waals surface area contributed by atoms with E-state index in [0.29, 0.717) is 30.7 Å². The van der Waals surface area contributed by atoms with Gasteiger partial charge in [-0.15, -0.1) is 5.10 Å². The third-order valence-corrected chi connectivity index (χ3v) is 7.02. The first-order valence-corrected chi connectivity index (χ1v) is 13.3. The molecule has 2 heterocycles. The van der Waals surface area contributed by atoms with Gasteiger partial charge in [0.05, 0.1) is 11.6 Å². The summed E-state index contributed by atoms with van der Waals surface area (Å²) in [7, 11) is 0. The van der Waals surface area contributed by atoms with E-state index < -0.39 is 11.9 Å². The quantitative estimate of drug-likeness (QED) is 0.336. The molecule has 1 aliphatic heterocycles. The molecule has 0 spiro atoms. The van der Waals surface area contributed by atoms with Gasteiger partial charge < -0.3 is 15.0 Å². The van der Waals surface area contributed by atoms with Crippen molar-refractivity contribution in [2.75, 3.05) is 19.7 Å². The molecule has 1 aliphatic rings. The fourth-order valence-electron chi connectivity index (χ4n) is 5.00. The van der Waals surface area contributed by atoms with Crippen LogP contribution in [0.5, 0.6) is 0 Å². The Balaban J connectivity index is 1.46. The lowest BCUT2D eigenvalue weighted by molar-refractivity contribution is -0.141. The van der Waals surface area contributed by atoms with Crippen LogP contribution in [0.25, 0.3) is 11.0 Å². The molecular weight excluding hydrogens is 497 g/mol. The Bertz CT molecular complexity index is 1430. The highest BCUT2D eigenvalue weighted by molar-refractivity contribution is 5.89. The molecule has 0 radical (unpaired) electrons. The van der Waals surface area contributed by atoms with Gasteiger partial charge in [-0.25, -0.2) is 9.07 Å². The van der Waals surface area contributed by atoms with E-state index in [-0.39, 0.29) is 31.0 Å². The minimum absolute atomic E-state index is 0.0548. The van der Waals surface area contributed by atoms with Crippen LogP contribution < -0.4 is 5.32 Å². The second-order valence-corrected chi connectivity index (χ2v) is 9.90. The van der Waals surface area contributed by atoms with Crippen molar-refractivity contribution in [2.45, 2.75) is 44.9 Å². The molecule has 39 heavy (non-hydrogen) atoms. The van der Waals surface area contributed by atoms with Gasteiger partial charge in [-0.05, 0) is 61.6 Å². The average Bonchev–Trinajstić information content (AvgIpc) is 3.61. The zero-order valence-electron chi connectivity index (χ0n) is 21.9. The number of para-hydroxylation sites is 1. The number of rotatable bonds is 10. The van der Waals surface area contributed by atoms with Gasteiger partial charge in [0, 0.05) is 19.7 Å². The van der Waals surface area contributed by atoms with Gasteiger partial charge >= 0.3 is 0 Å². The summed E-state index contributed by atoms with van der Waals surface area (Å²) in [5, 5.41) is 11.3. The number of carbonyl (C=O) groups is 2. The minimum Gasteiger partial charge on any atom is -0.376 e. The molecule has 202 valence electrons. The summed E-state index contributed by atoms with van der Waals surface area (Å²) in [6, 6.07) is 20.3. The number of hydrogen-bond donors (Lipinski definition) is 1. The van der Waals surface area contributed by atoms with Crippen molar-refractivity contribution >= 4 is 22.8 Å². The van der Waals surface area contributed by atoms with E-state index in [1.165, 1.54) is 12.1 Å². The Labute approximate surface area is 226 Å². The standard InChI is InChI=1S/C30H32FN5O3/c1-21-6-4-7-22(18-21)15-16-35(28(37)20-36-27-10-3-2-9-26(27)33-34-36)29(23-11-13-24(31)14-12-23)30(38)32-19-25-8-5-17-39-25/h2-4,6-7,9-14,18,25,29H,5,8,15-17,19-20H2,1H3,(H,32,38)/t25-,29-/m0/s1. The Morgan fingerprint density at radius 3 is 2.72 bits per heavy atom. The second-order valence-electron chi connectivity index (χ2n) is 9.90. The summed E-state index contributed by atoms with van der Waals surface area (Å²) >= 11 is 0. The van der Waals surface area contributed by atoms with Gasteiger partial charge in [0.15, 0.2) is 0 Å². The maximum atomic E-state index is 13.9. The molecule has 2 atom stereocenters. The molecule has 1 N–H and O–H groups in total. The normalized spacial score (nSPS) is 15.8. The number of ether oxygens (including phenoxy) is 1. The lowest BCUT2D eigenvalue weighted by Crippen LogP contribution is -2.47. The van der Waals surface area contributed by atoms with Crippen molar-refractivity contribution in [3.8, 4) is 0 Å². The van der Waals surface area contributed by atoms with Crippen molar-refractivity contribution < 1.29 is 18.7 Å². The van der Waals surface area contributed by atoms with Crippen LogP contribution >= 0.6 is 0 Å². The van der Waals surface area contributed by atoms with E-state index >= 15 is 0 Å². The highest BCUT2D eigenvalue weighted by Gasteiger charge is 2.32. The largest absolute Gasteiger partial charge is 0.376 e. The highest BCUT2D eigenvalue weighted by Crippen LogP contribution is 2.24. The maximum Gasteiger partial charge on any atom is 0.247 e. The number of amides is 2. The zero-order valence-corrected chi connectivity index (χ0v) is 21.9. The lowest BCUT2D eigenvalue weighted by Gasteiger charge is -2.32. The molecular formula is C30H32FN5O3. The van der Waals surface area contributed by atoms with Crippen LogP contribution in [-0.2, 0) is 27.3 Å². The number of fused-ring (bicyclic) bond motifs is 1. The molecule has 0 bridgehead atoms. The van der Waals surface area contributed by atoms with E-state index in [1.807, 2.05) is 49.4 Å². The number of halogens is 1. The summed E-state index contributed by atoms with van der Waals surface area (Å²) in [5.41, 5.74) is 4.11. The summed E-state index contributed by atoms with van der Waals surface area (Å²) in [6.45, 7) is 3.23. The summed E-state index contributed by atoms with van der Waals surface area (Å²) in [4.78, 5) is 29.2. The molecule has 2 amide bonds. The number of carbonyl (C=O) groups excluding carboxylic acids is 2. The van der Waals surface area contributed by atoms with Crippen LogP contribution in [0.4, 0.5) is 4.39 Å². The fourth-order valence-corrected chi connectivity index (χ4v) is 5.00. The summed E-state index contributed by atoms with van der Waals surface area (Å²) in [5.74, 6) is -1.04. The molecule has 8 nitrogen and oxygen atoms in total. The summed E-state index contributed by atoms with van der Waals surface area (Å²) in [6.07, 6.45) is 2.31. The lowest BCUT2D eigenvalue weighted by atomic mass is 10.0. The van der Waals surface area contributed by atoms with Crippen LogP contribution in [0, 0.1) is 12.7 Å². The Morgan fingerprint density at radius 1 is 1.13 bits per heavy atom. The van der Waals surface area contributed by atoms with E-state index in [9.17, 15) is 14.0 Å². The SMILES string of the molecule is Cc1cccc(CCN(C(=O)Cn2nnc3ccccc32)[C@H](C(=O)NC[C@@H]2CCCO2)c2ccc(F)cc2)c1. The molecule has 0 saturated carbocycles. The fraction of sp³-hybridized carbons (Fsp3) is 0.333. The van der Waals surface area contributed by atoms with E-state index in [2.05, 4.69) is 21.7 Å². The number of aryl methyl sites for hydroxylation is 1. The molecule has 3 aromatic carbocycles. The topological polar surface area (TPSA) is 89.4 Å². The second kappa shape index (κ2) is 12.2. The first-order chi connectivity index (χ1) is 19.0. The summed E-state index contributed by atoms with van der Waals surface area (Å²) < 4.78 is 21.1. The third-order valence-electron chi connectivity index (χ3n) is 7.02. The number of aromatic nitrogens is 3. The van der Waals surface area contributed by atoms with E-state index in [0.717, 1.165) is 29.5 Å². The monoisotopic (exact) mass is 529 g/mol. The number of nitrogens with one attached hydrogen (secondary N) is 1. The molecule has 9 heteroatoms. The van der Waals surface area contributed by atoms with Gasteiger partial charge in [0.25, 0.3) is 0 Å². The first kappa shape index (κ1) is 26.5.